The molecule has 0 saturated carbocycles. The van der Waals surface area contributed by atoms with Crippen molar-refractivity contribution < 1.29 is 23.6 Å². The van der Waals surface area contributed by atoms with E-state index in [0.717, 1.165) is 6.54 Å². The number of anilines is 1. The number of aryl methyl sites for hydroxylation is 1. The van der Waals surface area contributed by atoms with Crippen molar-refractivity contribution in [2.45, 2.75) is 32.9 Å². The summed E-state index contributed by atoms with van der Waals surface area (Å²) in [5, 5.41) is 9.92. The fraction of sp³-hybridized carbons (Fsp3) is 0.500. The van der Waals surface area contributed by atoms with Gasteiger partial charge < -0.3 is 29.5 Å². The Bertz CT molecular complexity index is 928. The number of nitrogens with one attached hydrogen (secondary N) is 2. The van der Waals surface area contributed by atoms with Gasteiger partial charge in [0.25, 0.3) is 11.8 Å². The third-order valence-corrected chi connectivity index (χ3v) is 5.34. The summed E-state index contributed by atoms with van der Waals surface area (Å²) in [7, 11) is 3.39. The first-order chi connectivity index (χ1) is 14.8. The first-order valence-corrected chi connectivity index (χ1v) is 10.3. The van der Waals surface area contributed by atoms with Gasteiger partial charge >= 0.3 is 0 Å². The van der Waals surface area contributed by atoms with E-state index in [9.17, 15) is 9.59 Å². The lowest BCUT2D eigenvalue weighted by atomic mass is 10.0. The van der Waals surface area contributed by atoms with Crippen molar-refractivity contribution in [3.05, 3.63) is 41.3 Å². The summed E-state index contributed by atoms with van der Waals surface area (Å²) in [4.78, 5) is 27.3. The fourth-order valence-electron chi connectivity index (χ4n) is 3.41. The van der Waals surface area contributed by atoms with Gasteiger partial charge in [0.15, 0.2) is 5.69 Å². The first-order valence-electron chi connectivity index (χ1n) is 10.3. The molecule has 1 aliphatic rings. The van der Waals surface area contributed by atoms with E-state index in [1.54, 1.807) is 50.2 Å². The lowest BCUT2D eigenvalue weighted by molar-refractivity contribution is 0.0281. The molecule has 2 N–H and O–H groups in total. The van der Waals surface area contributed by atoms with E-state index in [2.05, 4.69) is 22.7 Å². The number of hydrogen-bond acceptors (Lipinski definition) is 7. The number of carbonyl (C=O) groups excluding carboxylic acids is 2. The van der Waals surface area contributed by atoms with Gasteiger partial charge in [0, 0.05) is 45.0 Å². The molecule has 0 saturated heterocycles. The zero-order valence-electron chi connectivity index (χ0n) is 18.6. The minimum absolute atomic E-state index is 0.0925. The summed E-state index contributed by atoms with van der Waals surface area (Å²) in [6.45, 7) is 7.42. The summed E-state index contributed by atoms with van der Waals surface area (Å²) in [5.41, 5.74) is 0.998. The number of aromatic nitrogens is 1. The van der Waals surface area contributed by atoms with Gasteiger partial charge in [-0.15, -0.1) is 0 Å². The van der Waals surface area contributed by atoms with E-state index < -0.39 is 5.91 Å². The Morgan fingerprint density at radius 2 is 2.10 bits per heavy atom. The van der Waals surface area contributed by atoms with E-state index in [-0.39, 0.29) is 29.7 Å². The van der Waals surface area contributed by atoms with E-state index in [1.165, 1.54) is 0 Å². The molecular formula is C22H30N4O5. The van der Waals surface area contributed by atoms with Crippen LogP contribution in [0.1, 0.15) is 40.5 Å². The average Bonchev–Trinajstić information content (AvgIpc) is 3.19. The summed E-state index contributed by atoms with van der Waals surface area (Å²) in [5.74, 6) is 0.579. The van der Waals surface area contributed by atoms with Crippen LogP contribution in [-0.4, -0.2) is 67.9 Å². The number of amides is 2. The number of nitrogens with zero attached hydrogens (tertiary/aromatic N) is 2. The molecule has 9 nitrogen and oxygen atoms in total. The Hall–Kier alpha value is -2.91. The van der Waals surface area contributed by atoms with Crippen molar-refractivity contribution in [2.24, 2.45) is 5.92 Å². The number of likely N-dealkylation sites (N-methyl/N-ethyl adjacent to an activating group) is 1. The minimum Gasteiger partial charge on any atom is -0.491 e. The van der Waals surface area contributed by atoms with Gasteiger partial charge in [0.2, 0.25) is 0 Å². The Morgan fingerprint density at radius 3 is 2.77 bits per heavy atom. The van der Waals surface area contributed by atoms with Gasteiger partial charge in [-0.1, -0.05) is 12.1 Å². The zero-order valence-corrected chi connectivity index (χ0v) is 18.6. The second-order valence-electron chi connectivity index (χ2n) is 8.05. The molecule has 1 aromatic carbocycles. The molecular weight excluding hydrogens is 400 g/mol. The lowest BCUT2D eigenvalue weighted by Crippen LogP contribution is -2.44. The van der Waals surface area contributed by atoms with E-state index in [4.69, 9.17) is 14.0 Å². The molecule has 9 heteroatoms. The van der Waals surface area contributed by atoms with Crippen LogP contribution >= 0.6 is 0 Å². The monoisotopic (exact) mass is 430 g/mol. The number of hydrogen-bond donors (Lipinski definition) is 2. The third-order valence-electron chi connectivity index (χ3n) is 5.34. The molecule has 0 aliphatic carbocycles. The van der Waals surface area contributed by atoms with Crippen molar-refractivity contribution in [3.8, 4) is 5.75 Å². The number of benzene rings is 1. The summed E-state index contributed by atoms with van der Waals surface area (Å²) in [6, 6.07) is 6.65. The molecule has 0 unspecified atom stereocenters. The van der Waals surface area contributed by atoms with Gasteiger partial charge in [-0.3, -0.25) is 9.59 Å². The maximum absolute atomic E-state index is 13.2. The molecule has 2 aromatic rings. The Labute approximate surface area is 182 Å². The van der Waals surface area contributed by atoms with Gasteiger partial charge in [-0.2, -0.15) is 0 Å². The molecule has 0 spiro atoms. The van der Waals surface area contributed by atoms with Crippen LogP contribution < -0.4 is 15.4 Å². The topological polar surface area (TPSA) is 106 Å². The highest BCUT2D eigenvalue weighted by molar-refractivity contribution is 6.04. The van der Waals surface area contributed by atoms with E-state index in [1.807, 2.05) is 6.92 Å². The van der Waals surface area contributed by atoms with Crippen LogP contribution in [0, 0.1) is 12.8 Å². The lowest BCUT2D eigenvalue weighted by Gasteiger charge is -2.30. The second-order valence-corrected chi connectivity index (χ2v) is 8.05. The predicted octanol–water partition coefficient (Wildman–Crippen LogP) is 2.33. The zero-order chi connectivity index (χ0) is 22.5. The highest BCUT2D eigenvalue weighted by atomic mass is 16.5. The normalized spacial score (nSPS) is 22.7. The van der Waals surface area contributed by atoms with Crippen LogP contribution in [0.25, 0.3) is 0 Å². The molecule has 3 atom stereocenters. The third kappa shape index (κ3) is 5.62. The SMILES string of the molecule is CO[C@@H]1CN(C)C(=O)c2cc(NC(=O)c3cc(C)on3)ccc2OC[C@@H](C)NC[C@@H]1C. The molecule has 168 valence electrons. The molecule has 3 rings (SSSR count). The van der Waals surface area contributed by atoms with Gasteiger partial charge in [-0.05, 0) is 38.0 Å². The molecule has 1 aromatic heterocycles. The van der Waals surface area contributed by atoms with E-state index >= 15 is 0 Å². The Kier molecular flexibility index (Phi) is 7.29. The van der Waals surface area contributed by atoms with Gasteiger partial charge in [0.1, 0.15) is 18.1 Å². The van der Waals surface area contributed by atoms with Crippen molar-refractivity contribution in [2.75, 3.05) is 39.2 Å². The number of rotatable bonds is 3. The molecule has 0 bridgehead atoms. The van der Waals surface area contributed by atoms with Crippen LogP contribution in [0.2, 0.25) is 0 Å². The van der Waals surface area contributed by atoms with Crippen LogP contribution in [0.4, 0.5) is 5.69 Å². The minimum atomic E-state index is -0.419. The maximum atomic E-state index is 13.2. The smallest absolute Gasteiger partial charge is 0.277 e. The second kappa shape index (κ2) is 9.93. The van der Waals surface area contributed by atoms with Crippen LogP contribution in [0.3, 0.4) is 0 Å². The Morgan fingerprint density at radius 1 is 1.32 bits per heavy atom. The quantitative estimate of drug-likeness (QED) is 0.770. The Balaban J connectivity index is 1.88. The maximum Gasteiger partial charge on any atom is 0.277 e. The van der Waals surface area contributed by atoms with Crippen LogP contribution in [0.5, 0.6) is 5.75 Å². The number of fused-ring (bicyclic) bond motifs is 1. The summed E-state index contributed by atoms with van der Waals surface area (Å²) >= 11 is 0. The molecule has 2 amide bonds. The standard InChI is InChI=1S/C22H30N4O5/c1-13-10-23-14(2)12-30-19-7-6-16(24-21(27)18-8-15(3)31-25-18)9-17(19)22(28)26(4)11-20(13)29-5/h6-9,13-14,20,23H,10-12H2,1-5H3,(H,24,27)/t13-,14+,20+/m0/s1. The van der Waals surface area contributed by atoms with Crippen LogP contribution in [0.15, 0.2) is 28.8 Å². The van der Waals surface area contributed by atoms with Gasteiger partial charge in [-0.25, -0.2) is 0 Å². The molecule has 2 heterocycles. The highest BCUT2D eigenvalue weighted by Gasteiger charge is 2.26. The molecule has 31 heavy (non-hydrogen) atoms. The summed E-state index contributed by atoms with van der Waals surface area (Å²) in [6.07, 6.45) is -0.115. The van der Waals surface area contributed by atoms with Crippen molar-refractivity contribution in [3.63, 3.8) is 0 Å². The van der Waals surface area contributed by atoms with Crippen molar-refractivity contribution in [1.29, 1.82) is 0 Å². The number of ether oxygens (including phenoxy) is 2. The van der Waals surface area contributed by atoms with E-state index in [0.29, 0.717) is 35.9 Å². The molecule has 0 radical (unpaired) electrons. The first kappa shape index (κ1) is 22.8. The highest BCUT2D eigenvalue weighted by Crippen LogP contribution is 2.26. The fourth-order valence-corrected chi connectivity index (χ4v) is 3.41. The largest absolute Gasteiger partial charge is 0.491 e. The molecule has 0 fully saturated rings. The van der Waals surface area contributed by atoms with Crippen molar-refractivity contribution in [1.82, 2.24) is 15.4 Å². The summed E-state index contributed by atoms with van der Waals surface area (Å²) < 4.78 is 16.5. The van der Waals surface area contributed by atoms with Gasteiger partial charge in [0.05, 0.1) is 11.7 Å². The molecule has 1 aliphatic heterocycles. The average molecular weight is 431 g/mol. The predicted molar refractivity (Wildman–Crippen MR) is 116 cm³/mol. The number of carbonyl (C=O) groups is 2. The van der Waals surface area contributed by atoms with Crippen molar-refractivity contribution >= 4 is 17.5 Å². The van der Waals surface area contributed by atoms with Crippen LogP contribution in [-0.2, 0) is 4.74 Å². The number of methoxy groups -OCH3 is 1.